The molecule has 160 valence electrons. The van der Waals surface area contributed by atoms with Crippen molar-refractivity contribution >= 4 is 30.0 Å². The molecule has 0 radical (unpaired) electrons. The molecule has 2 N–H and O–H groups in total. The average molecular weight is 422 g/mol. The Balaban J connectivity index is 1.83. The molecule has 0 bridgehead atoms. The largest absolute Gasteiger partial charge is 0.480 e. The number of amides is 3. The Morgan fingerprint density at radius 3 is 2.10 bits per heavy atom. The zero-order valence-electron chi connectivity index (χ0n) is 16.7. The summed E-state index contributed by atoms with van der Waals surface area (Å²) < 4.78 is 0. The van der Waals surface area contributed by atoms with E-state index in [1.54, 1.807) is 42.5 Å². The second-order valence-corrected chi connectivity index (χ2v) is 7.23. The number of aliphatic carboxylic acids is 1. The van der Waals surface area contributed by atoms with Crippen LogP contribution in [0.3, 0.4) is 0 Å². The van der Waals surface area contributed by atoms with Crippen molar-refractivity contribution in [2.45, 2.75) is 37.8 Å². The lowest BCUT2D eigenvalue weighted by molar-refractivity contribution is -0.142. The first-order valence-corrected chi connectivity index (χ1v) is 9.91. The van der Waals surface area contributed by atoms with Crippen molar-refractivity contribution in [1.29, 1.82) is 0 Å². The van der Waals surface area contributed by atoms with E-state index >= 15 is 0 Å². The van der Waals surface area contributed by atoms with Gasteiger partial charge in [-0.3, -0.25) is 19.3 Å². The molecular weight excluding hydrogens is 400 g/mol. The highest BCUT2D eigenvalue weighted by molar-refractivity contribution is 6.22. The number of carbonyl (C=O) groups excluding carboxylic acids is 4. The monoisotopic (exact) mass is 422 g/mol. The van der Waals surface area contributed by atoms with E-state index in [2.05, 4.69) is 5.32 Å². The summed E-state index contributed by atoms with van der Waals surface area (Å²) in [6.07, 6.45) is 1.20. The number of hydrogen-bond acceptors (Lipinski definition) is 5. The Bertz CT molecular complexity index is 969. The molecule has 0 aromatic heterocycles. The van der Waals surface area contributed by atoms with Gasteiger partial charge in [0.2, 0.25) is 5.91 Å². The molecule has 1 aliphatic rings. The molecule has 31 heavy (non-hydrogen) atoms. The van der Waals surface area contributed by atoms with E-state index in [0.29, 0.717) is 11.8 Å². The van der Waals surface area contributed by atoms with Gasteiger partial charge in [0.25, 0.3) is 11.8 Å². The van der Waals surface area contributed by atoms with Gasteiger partial charge in [0.05, 0.1) is 11.1 Å². The molecule has 0 saturated heterocycles. The standard InChI is InChI=1S/C23H22N2O6/c26-13-7-6-12-19(25-21(28)16-10-4-5-11-17(16)22(25)29)20(27)24-18(23(30)31)14-15-8-2-1-3-9-15/h1-5,8-11,13,18-19H,6-7,12,14H2,(H,24,27)(H,30,31)/t18?,19-/m1/s1. The van der Waals surface area contributed by atoms with Crippen LogP contribution in [0, 0.1) is 0 Å². The van der Waals surface area contributed by atoms with Gasteiger partial charge in [-0.15, -0.1) is 0 Å². The minimum Gasteiger partial charge on any atom is -0.480 e. The number of rotatable bonds is 10. The van der Waals surface area contributed by atoms with Crippen molar-refractivity contribution in [3.05, 3.63) is 71.3 Å². The lowest BCUT2D eigenvalue weighted by Gasteiger charge is -2.27. The summed E-state index contributed by atoms with van der Waals surface area (Å²) in [4.78, 5) is 62.1. The molecule has 0 fully saturated rings. The number of fused-ring (bicyclic) bond motifs is 1. The van der Waals surface area contributed by atoms with Crippen LogP contribution >= 0.6 is 0 Å². The fourth-order valence-electron chi connectivity index (χ4n) is 3.58. The predicted octanol–water partition coefficient (Wildman–Crippen LogP) is 1.83. The molecule has 2 aromatic rings. The Labute approximate surface area is 178 Å². The molecule has 2 atom stereocenters. The Kier molecular flexibility index (Phi) is 6.92. The number of nitrogens with one attached hydrogen (secondary N) is 1. The van der Waals surface area contributed by atoms with E-state index in [-0.39, 0.29) is 36.8 Å². The fourth-order valence-corrected chi connectivity index (χ4v) is 3.58. The van der Waals surface area contributed by atoms with E-state index in [9.17, 15) is 29.1 Å². The Morgan fingerprint density at radius 2 is 1.55 bits per heavy atom. The number of carboxylic acid groups (broad SMARTS) is 1. The maximum Gasteiger partial charge on any atom is 0.326 e. The van der Waals surface area contributed by atoms with E-state index in [1.807, 2.05) is 0 Å². The normalized spacial score (nSPS) is 14.6. The lowest BCUT2D eigenvalue weighted by atomic mass is 10.0. The number of unbranched alkanes of at least 4 members (excludes halogenated alkanes) is 1. The smallest absolute Gasteiger partial charge is 0.326 e. The number of carbonyl (C=O) groups is 5. The highest BCUT2D eigenvalue weighted by Crippen LogP contribution is 2.26. The third-order valence-electron chi connectivity index (χ3n) is 5.14. The van der Waals surface area contributed by atoms with Crippen LogP contribution in [0.4, 0.5) is 0 Å². The van der Waals surface area contributed by atoms with Gasteiger partial charge < -0.3 is 15.2 Å². The van der Waals surface area contributed by atoms with Gasteiger partial charge >= 0.3 is 5.97 Å². The number of benzene rings is 2. The molecule has 1 aliphatic heterocycles. The van der Waals surface area contributed by atoms with Crippen molar-refractivity contribution in [3.63, 3.8) is 0 Å². The third kappa shape index (κ3) is 4.85. The van der Waals surface area contributed by atoms with Gasteiger partial charge in [-0.1, -0.05) is 42.5 Å². The van der Waals surface area contributed by atoms with Crippen molar-refractivity contribution < 1.29 is 29.1 Å². The van der Waals surface area contributed by atoms with Crippen LogP contribution in [0.1, 0.15) is 45.5 Å². The topological polar surface area (TPSA) is 121 Å². The van der Waals surface area contributed by atoms with Crippen LogP contribution in [-0.4, -0.2) is 52.1 Å². The summed E-state index contributed by atoms with van der Waals surface area (Å²) in [6.45, 7) is 0. The summed E-state index contributed by atoms with van der Waals surface area (Å²) in [6, 6.07) is 12.6. The van der Waals surface area contributed by atoms with Crippen LogP contribution in [0.2, 0.25) is 0 Å². The summed E-state index contributed by atoms with van der Waals surface area (Å²) >= 11 is 0. The van der Waals surface area contributed by atoms with Crippen molar-refractivity contribution in [3.8, 4) is 0 Å². The van der Waals surface area contributed by atoms with E-state index < -0.39 is 35.8 Å². The first kappa shape index (κ1) is 21.9. The molecule has 3 amide bonds. The molecule has 8 heteroatoms. The van der Waals surface area contributed by atoms with Gasteiger partial charge in [0.15, 0.2) is 0 Å². The molecule has 8 nitrogen and oxygen atoms in total. The number of aldehydes is 1. The molecule has 1 heterocycles. The minimum absolute atomic E-state index is 0.0467. The third-order valence-corrected chi connectivity index (χ3v) is 5.14. The maximum absolute atomic E-state index is 13.1. The van der Waals surface area contributed by atoms with Crippen molar-refractivity contribution in [2.24, 2.45) is 0 Å². The second kappa shape index (κ2) is 9.80. The van der Waals surface area contributed by atoms with Crippen LogP contribution in [-0.2, 0) is 20.8 Å². The first-order chi connectivity index (χ1) is 14.9. The molecule has 0 spiro atoms. The summed E-state index contributed by atoms with van der Waals surface area (Å²) in [5, 5.41) is 12.0. The van der Waals surface area contributed by atoms with Crippen molar-refractivity contribution in [2.75, 3.05) is 0 Å². The number of carboxylic acids is 1. The maximum atomic E-state index is 13.1. The van der Waals surface area contributed by atoms with Gasteiger partial charge in [-0.2, -0.15) is 0 Å². The molecule has 0 saturated carbocycles. The highest BCUT2D eigenvalue weighted by Gasteiger charge is 2.43. The summed E-state index contributed by atoms with van der Waals surface area (Å²) in [5.41, 5.74) is 1.10. The van der Waals surface area contributed by atoms with E-state index in [1.165, 1.54) is 12.1 Å². The SMILES string of the molecule is O=CCCC[C@H](C(=O)NC(Cc1ccccc1)C(=O)O)N1C(=O)c2ccccc2C1=O. The number of hydrogen-bond donors (Lipinski definition) is 2. The number of nitrogens with zero attached hydrogens (tertiary/aromatic N) is 1. The first-order valence-electron chi connectivity index (χ1n) is 9.91. The molecule has 2 aromatic carbocycles. The zero-order valence-corrected chi connectivity index (χ0v) is 16.7. The average Bonchev–Trinajstić information content (AvgIpc) is 3.02. The Hall–Kier alpha value is -3.81. The quantitative estimate of drug-likeness (QED) is 0.342. The minimum atomic E-state index is -1.24. The fraction of sp³-hybridized carbons (Fsp3) is 0.261. The van der Waals surface area contributed by atoms with Gasteiger partial charge in [0.1, 0.15) is 18.4 Å². The predicted molar refractivity (Wildman–Crippen MR) is 110 cm³/mol. The molecule has 3 rings (SSSR count). The second-order valence-electron chi connectivity index (χ2n) is 7.23. The van der Waals surface area contributed by atoms with Crippen LogP contribution in [0.25, 0.3) is 0 Å². The van der Waals surface area contributed by atoms with Crippen LogP contribution < -0.4 is 5.32 Å². The van der Waals surface area contributed by atoms with Gasteiger partial charge in [-0.25, -0.2) is 4.79 Å². The van der Waals surface area contributed by atoms with Gasteiger partial charge in [0, 0.05) is 12.8 Å². The summed E-state index contributed by atoms with van der Waals surface area (Å²) in [5.74, 6) is -3.20. The lowest BCUT2D eigenvalue weighted by Crippen LogP contribution is -2.53. The van der Waals surface area contributed by atoms with Crippen molar-refractivity contribution in [1.82, 2.24) is 10.2 Å². The van der Waals surface area contributed by atoms with E-state index in [4.69, 9.17) is 0 Å². The van der Waals surface area contributed by atoms with Crippen LogP contribution in [0.15, 0.2) is 54.6 Å². The summed E-state index contributed by atoms with van der Waals surface area (Å²) in [7, 11) is 0. The molecular formula is C23H22N2O6. The molecule has 0 aliphatic carbocycles. The van der Waals surface area contributed by atoms with E-state index in [0.717, 1.165) is 4.90 Å². The van der Waals surface area contributed by atoms with Gasteiger partial charge in [-0.05, 0) is 30.5 Å². The number of imide groups is 1. The zero-order chi connectivity index (χ0) is 22.4. The highest BCUT2D eigenvalue weighted by atomic mass is 16.4. The molecule has 1 unspecified atom stereocenters. The Morgan fingerprint density at radius 1 is 0.968 bits per heavy atom. The van der Waals surface area contributed by atoms with Crippen LogP contribution in [0.5, 0.6) is 0 Å².